The van der Waals surface area contributed by atoms with Crippen LogP contribution in [-0.2, 0) is 19.0 Å². The Morgan fingerprint density at radius 3 is 2.65 bits per heavy atom. The number of nitrogens with one attached hydrogen (secondary N) is 1. The molecule has 7 heteroatoms. The van der Waals surface area contributed by atoms with E-state index in [9.17, 15) is 4.79 Å². The summed E-state index contributed by atoms with van der Waals surface area (Å²) in [7, 11) is 3.94. The van der Waals surface area contributed by atoms with Crippen LogP contribution in [0.25, 0.3) is 0 Å². The molecule has 0 spiro atoms. The number of nitrogens with zero attached hydrogens (tertiary/aromatic N) is 2. The molecule has 3 fully saturated rings. The number of hydrogen-bond acceptors (Lipinski definition) is 6. The molecule has 0 aromatic rings. The van der Waals surface area contributed by atoms with Gasteiger partial charge in [-0.2, -0.15) is 0 Å². The lowest BCUT2D eigenvalue weighted by Gasteiger charge is -2.39. The molecule has 3 aliphatic heterocycles. The van der Waals surface area contributed by atoms with E-state index in [0.717, 1.165) is 58.5 Å². The van der Waals surface area contributed by atoms with E-state index in [1.165, 1.54) is 5.57 Å². The first-order valence-electron chi connectivity index (χ1n) is 14.2. The Kier molecular flexibility index (Phi) is 11.4. The summed E-state index contributed by atoms with van der Waals surface area (Å²) >= 11 is 0. The van der Waals surface area contributed by atoms with Crippen LogP contribution in [-0.4, -0.2) is 98.6 Å². The monoisotopic (exact) mass is 517 g/mol. The minimum absolute atomic E-state index is 0.0137. The predicted molar refractivity (Wildman–Crippen MR) is 150 cm³/mol. The number of allylic oxidation sites excluding steroid dienone is 2. The van der Waals surface area contributed by atoms with Gasteiger partial charge < -0.3 is 24.4 Å². The summed E-state index contributed by atoms with van der Waals surface area (Å²) in [5.41, 5.74) is 1.11. The maximum atomic E-state index is 12.6. The lowest BCUT2D eigenvalue weighted by atomic mass is 9.88. The van der Waals surface area contributed by atoms with Crippen LogP contribution in [0.2, 0.25) is 0 Å². The van der Waals surface area contributed by atoms with Gasteiger partial charge in [0.15, 0.2) is 0 Å². The van der Waals surface area contributed by atoms with Gasteiger partial charge in [0.2, 0.25) is 5.91 Å². The van der Waals surface area contributed by atoms with Crippen LogP contribution in [0.1, 0.15) is 60.3 Å². The summed E-state index contributed by atoms with van der Waals surface area (Å²) in [6.07, 6.45) is 14.1. The normalized spacial score (nSPS) is 35.8. The fraction of sp³-hybridized carbons (Fsp3) is 0.767. The number of hydrogen-bond donors (Lipinski definition) is 1. The van der Waals surface area contributed by atoms with Gasteiger partial charge >= 0.3 is 0 Å². The minimum Gasteiger partial charge on any atom is -0.378 e. The second kappa shape index (κ2) is 14.0. The third-order valence-electron chi connectivity index (χ3n) is 8.52. The third kappa shape index (κ3) is 9.32. The molecule has 210 valence electrons. The third-order valence-corrected chi connectivity index (χ3v) is 8.52. The molecule has 0 aromatic heterocycles. The number of methoxy groups -OCH3 is 1. The first-order valence-corrected chi connectivity index (χ1v) is 14.2. The van der Waals surface area contributed by atoms with E-state index in [-0.39, 0.29) is 41.9 Å². The second-order valence-electron chi connectivity index (χ2n) is 11.7. The Morgan fingerprint density at radius 1 is 1.22 bits per heavy atom. The Balaban J connectivity index is 1.43. The van der Waals surface area contributed by atoms with E-state index < -0.39 is 0 Å². The van der Waals surface area contributed by atoms with Crippen LogP contribution in [0, 0.1) is 5.92 Å². The van der Waals surface area contributed by atoms with Crippen molar-refractivity contribution in [3.05, 3.63) is 36.0 Å². The molecule has 0 saturated carbocycles. The first kappa shape index (κ1) is 30.0. The Bertz CT molecular complexity index is 820. The van der Waals surface area contributed by atoms with Crippen molar-refractivity contribution in [1.29, 1.82) is 0 Å². The summed E-state index contributed by atoms with van der Waals surface area (Å²) in [6.45, 7) is 15.7. The lowest BCUT2D eigenvalue weighted by Crippen LogP contribution is -2.50. The average Bonchev–Trinajstić information content (AvgIpc) is 2.87. The number of carbonyl (C=O) groups is 1. The van der Waals surface area contributed by atoms with Crippen molar-refractivity contribution in [2.24, 2.45) is 5.92 Å². The highest BCUT2D eigenvalue weighted by atomic mass is 16.5. The van der Waals surface area contributed by atoms with Crippen molar-refractivity contribution in [3.8, 4) is 0 Å². The molecule has 7 atom stereocenters. The molecule has 3 rings (SSSR count). The minimum atomic E-state index is -0.100. The number of amides is 1. The highest BCUT2D eigenvalue weighted by Gasteiger charge is 2.34. The van der Waals surface area contributed by atoms with Crippen molar-refractivity contribution in [2.75, 3.05) is 46.9 Å². The summed E-state index contributed by atoms with van der Waals surface area (Å²) in [5, 5.41) is 3.19. The van der Waals surface area contributed by atoms with Crippen LogP contribution in [0.3, 0.4) is 0 Å². The highest BCUT2D eigenvalue weighted by Crippen LogP contribution is 2.29. The summed E-state index contributed by atoms with van der Waals surface area (Å²) in [6, 6.07) is 0.298. The van der Waals surface area contributed by atoms with Gasteiger partial charge in [-0.25, -0.2) is 0 Å². The molecule has 7 unspecified atom stereocenters. The van der Waals surface area contributed by atoms with Gasteiger partial charge in [0.05, 0.1) is 36.6 Å². The van der Waals surface area contributed by atoms with Crippen LogP contribution >= 0.6 is 0 Å². The Hall–Kier alpha value is -1.51. The van der Waals surface area contributed by atoms with Crippen molar-refractivity contribution in [1.82, 2.24) is 15.1 Å². The fourth-order valence-corrected chi connectivity index (χ4v) is 5.47. The zero-order valence-corrected chi connectivity index (χ0v) is 24.2. The van der Waals surface area contributed by atoms with E-state index in [2.05, 4.69) is 75.0 Å². The van der Waals surface area contributed by atoms with Gasteiger partial charge in [-0.15, -0.1) is 0 Å². The highest BCUT2D eigenvalue weighted by molar-refractivity contribution is 5.87. The molecule has 1 amide bonds. The van der Waals surface area contributed by atoms with E-state index in [0.29, 0.717) is 5.92 Å². The molecule has 0 bridgehead atoms. The zero-order valence-electron chi connectivity index (χ0n) is 24.2. The molecule has 7 nitrogen and oxygen atoms in total. The van der Waals surface area contributed by atoms with Crippen LogP contribution < -0.4 is 5.32 Å². The molecule has 37 heavy (non-hydrogen) atoms. The van der Waals surface area contributed by atoms with Gasteiger partial charge in [-0.05, 0) is 59.9 Å². The molecule has 3 saturated heterocycles. The molecule has 0 aliphatic carbocycles. The average molecular weight is 518 g/mol. The van der Waals surface area contributed by atoms with Crippen molar-refractivity contribution >= 4 is 5.91 Å². The van der Waals surface area contributed by atoms with Crippen molar-refractivity contribution < 1.29 is 19.0 Å². The Morgan fingerprint density at radius 2 is 1.95 bits per heavy atom. The van der Waals surface area contributed by atoms with E-state index in [1.54, 1.807) is 13.2 Å². The number of piperazine rings is 1. The van der Waals surface area contributed by atoms with Gasteiger partial charge in [0.25, 0.3) is 0 Å². The SMILES string of the molecule is COC1(C)CCOC(/C=C/C(C)=C/CC2OC(C)C(NC(=O)/C=C\C(C)N3CCN(C)CC3)CC2C)C1. The second-order valence-corrected chi connectivity index (χ2v) is 11.7. The van der Waals surface area contributed by atoms with Gasteiger partial charge in [0.1, 0.15) is 0 Å². The van der Waals surface area contributed by atoms with Crippen molar-refractivity contribution in [2.45, 2.75) is 96.3 Å². The zero-order chi connectivity index (χ0) is 27.0. The van der Waals surface area contributed by atoms with Crippen LogP contribution in [0.4, 0.5) is 0 Å². The van der Waals surface area contributed by atoms with Crippen LogP contribution in [0.5, 0.6) is 0 Å². The topological polar surface area (TPSA) is 63.3 Å². The fourth-order valence-electron chi connectivity index (χ4n) is 5.47. The number of rotatable bonds is 9. The molecular formula is C30H51N3O4. The Labute approximate surface area is 225 Å². The van der Waals surface area contributed by atoms with E-state index in [4.69, 9.17) is 14.2 Å². The standard InChI is InChI=1S/C30H51N3O4/c1-22(8-11-26-21-30(5,35-7)14-19-36-26)9-12-28-23(2)20-27(25(4)37-28)31-29(34)13-10-24(3)33-17-15-32(6)16-18-33/h8-11,13,23-28H,12,14-21H2,1-7H3,(H,31,34)/b11-8+,13-10-,22-9+. The predicted octanol–water partition coefficient (Wildman–Crippen LogP) is 3.95. The van der Waals surface area contributed by atoms with E-state index >= 15 is 0 Å². The first-order chi connectivity index (χ1) is 17.6. The largest absolute Gasteiger partial charge is 0.378 e. The smallest absolute Gasteiger partial charge is 0.244 e. The quantitative estimate of drug-likeness (QED) is 0.369. The number of carbonyl (C=O) groups excluding carboxylic acids is 1. The molecule has 0 radical (unpaired) electrons. The molecule has 3 aliphatic rings. The maximum absolute atomic E-state index is 12.6. The van der Waals surface area contributed by atoms with E-state index in [1.807, 2.05) is 6.08 Å². The number of ether oxygens (including phenoxy) is 3. The summed E-state index contributed by atoms with van der Waals surface area (Å²) in [4.78, 5) is 17.4. The molecule has 3 heterocycles. The van der Waals surface area contributed by atoms with Crippen LogP contribution in [0.15, 0.2) is 36.0 Å². The van der Waals surface area contributed by atoms with Gasteiger partial charge in [0, 0.05) is 51.8 Å². The molecule has 1 N–H and O–H groups in total. The van der Waals surface area contributed by atoms with Gasteiger partial charge in [-0.1, -0.05) is 36.8 Å². The molecule has 0 aromatic carbocycles. The number of likely N-dealkylation sites (N-methyl/N-ethyl adjacent to an activating group) is 1. The maximum Gasteiger partial charge on any atom is 0.244 e. The summed E-state index contributed by atoms with van der Waals surface area (Å²) < 4.78 is 17.9. The van der Waals surface area contributed by atoms with Crippen molar-refractivity contribution in [3.63, 3.8) is 0 Å². The lowest BCUT2D eigenvalue weighted by molar-refractivity contribution is -0.123. The van der Waals surface area contributed by atoms with Gasteiger partial charge in [-0.3, -0.25) is 9.69 Å². The summed E-state index contributed by atoms with van der Waals surface area (Å²) in [5.74, 6) is 0.342. The molecular weight excluding hydrogens is 466 g/mol.